The van der Waals surface area contributed by atoms with Crippen LogP contribution in [0.5, 0.6) is 0 Å². The summed E-state index contributed by atoms with van der Waals surface area (Å²) in [5, 5.41) is 3.85. The molecule has 0 spiro atoms. The zero-order valence-corrected chi connectivity index (χ0v) is 11.3. The third-order valence-corrected chi connectivity index (χ3v) is 4.74. The summed E-state index contributed by atoms with van der Waals surface area (Å²) in [7, 11) is -2.82. The lowest BCUT2D eigenvalue weighted by atomic mass is 10.4. The number of nitrogens with zero attached hydrogens (tertiary/aromatic N) is 3. The summed E-state index contributed by atoms with van der Waals surface area (Å²) in [6, 6.07) is 0. The van der Waals surface area contributed by atoms with E-state index in [2.05, 4.69) is 10.1 Å². The molecule has 1 aromatic heterocycles. The van der Waals surface area contributed by atoms with E-state index in [9.17, 15) is 8.42 Å². The highest BCUT2D eigenvalue weighted by molar-refractivity contribution is 7.97. The molecule has 1 fully saturated rings. The quantitative estimate of drug-likeness (QED) is 0.776. The van der Waals surface area contributed by atoms with Gasteiger partial charge in [0.25, 0.3) is 0 Å². The monoisotopic (exact) mass is 277 g/mol. The first-order valence-corrected chi connectivity index (χ1v) is 8.54. The van der Waals surface area contributed by atoms with Crippen molar-refractivity contribution in [3.8, 4) is 0 Å². The summed E-state index contributed by atoms with van der Waals surface area (Å²) < 4.78 is 27.6. The van der Waals surface area contributed by atoms with Crippen LogP contribution in [0.3, 0.4) is 0 Å². The van der Waals surface area contributed by atoms with Crippen molar-refractivity contribution in [3.05, 3.63) is 11.7 Å². The molecule has 0 aromatic carbocycles. The normalized spacial score (nSPS) is 20.5. The van der Waals surface area contributed by atoms with E-state index in [1.54, 1.807) is 11.8 Å². The van der Waals surface area contributed by atoms with Crippen LogP contribution in [0.15, 0.2) is 4.52 Å². The Morgan fingerprint density at radius 3 is 2.76 bits per heavy atom. The van der Waals surface area contributed by atoms with Gasteiger partial charge in [-0.05, 0) is 6.26 Å². The standard InChI is InChI=1S/C9H15N3O3S2/c1-16-7-8-10-9(15-11-8)6-12-2-4-17(13,14)5-3-12/h2-7H2,1H3. The van der Waals surface area contributed by atoms with Gasteiger partial charge in [-0.1, -0.05) is 5.16 Å². The van der Waals surface area contributed by atoms with Crippen LogP contribution < -0.4 is 0 Å². The van der Waals surface area contributed by atoms with Gasteiger partial charge < -0.3 is 4.52 Å². The molecule has 1 saturated heterocycles. The van der Waals surface area contributed by atoms with Gasteiger partial charge in [-0.3, -0.25) is 4.90 Å². The van der Waals surface area contributed by atoms with E-state index >= 15 is 0 Å². The topological polar surface area (TPSA) is 76.3 Å². The molecule has 0 unspecified atom stereocenters. The molecule has 0 aliphatic carbocycles. The van der Waals surface area contributed by atoms with Crippen molar-refractivity contribution in [1.29, 1.82) is 0 Å². The Kier molecular flexibility index (Phi) is 4.05. The summed E-state index contributed by atoms with van der Waals surface area (Å²) in [5.41, 5.74) is 0. The minimum absolute atomic E-state index is 0.221. The maximum absolute atomic E-state index is 11.3. The Bertz CT molecular complexity index is 458. The second-order valence-corrected chi connectivity index (χ2v) is 7.13. The average Bonchev–Trinajstić information content (AvgIpc) is 2.70. The predicted molar refractivity (Wildman–Crippen MR) is 65.4 cm³/mol. The van der Waals surface area contributed by atoms with Gasteiger partial charge in [0, 0.05) is 13.1 Å². The van der Waals surface area contributed by atoms with Crippen molar-refractivity contribution in [1.82, 2.24) is 15.0 Å². The van der Waals surface area contributed by atoms with E-state index in [1.165, 1.54) is 0 Å². The number of thioether (sulfide) groups is 1. The van der Waals surface area contributed by atoms with Crippen molar-refractivity contribution in [2.24, 2.45) is 0 Å². The molecule has 0 saturated carbocycles. The summed E-state index contributed by atoms with van der Waals surface area (Å²) in [4.78, 5) is 6.27. The third-order valence-electron chi connectivity index (χ3n) is 2.58. The van der Waals surface area contributed by atoms with Crippen LogP contribution in [-0.2, 0) is 22.1 Å². The zero-order chi connectivity index (χ0) is 12.3. The van der Waals surface area contributed by atoms with Gasteiger partial charge in [-0.15, -0.1) is 0 Å². The van der Waals surface area contributed by atoms with Crippen LogP contribution in [0.25, 0.3) is 0 Å². The van der Waals surface area contributed by atoms with Crippen LogP contribution in [0.4, 0.5) is 0 Å². The Labute approximate surface area is 105 Å². The highest BCUT2D eigenvalue weighted by atomic mass is 32.2. The first-order chi connectivity index (χ1) is 8.09. The van der Waals surface area contributed by atoms with E-state index in [0.717, 1.165) is 5.75 Å². The highest BCUT2D eigenvalue weighted by Crippen LogP contribution is 2.10. The van der Waals surface area contributed by atoms with Gasteiger partial charge in [0.15, 0.2) is 15.7 Å². The molecule has 6 nitrogen and oxygen atoms in total. The van der Waals surface area contributed by atoms with E-state index in [-0.39, 0.29) is 11.5 Å². The molecular formula is C9H15N3O3S2. The molecule has 2 heterocycles. The molecule has 1 aromatic rings. The number of sulfone groups is 1. The number of hydrogen-bond acceptors (Lipinski definition) is 7. The van der Waals surface area contributed by atoms with Crippen LogP contribution in [0.1, 0.15) is 11.7 Å². The lowest BCUT2D eigenvalue weighted by Crippen LogP contribution is -2.39. The van der Waals surface area contributed by atoms with Crippen LogP contribution in [0, 0.1) is 0 Å². The van der Waals surface area contributed by atoms with Gasteiger partial charge in [0.05, 0.1) is 23.8 Å². The molecule has 0 radical (unpaired) electrons. The maximum atomic E-state index is 11.3. The van der Waals surface area contributed by atoms with E-state index < -0.39 is 9.84 Å². The van der Waals surface area contributed by atoms with Gasteiger partial charge >= 0.3 is 0 Å². The molecule has 0 amide bonds. The SMILES string of the molecule is CSCc1noc(CN2CCS(=O)(=O)CC2)n1. The second-order valence-electron chi connectivity index (χ2n) is 3.97. The van der Waals surface area contributed by atoms with Crippen molar-refractivity contribution in [3.63, 3.8) is 0 Å². The Morgan fingerprint density at radius 1 is 1.41 bits per heavy atom. The molecular weight excluding hydrogens is 262 g/mol. The minimum Gasteiger partial charge on any atom is -0.338 e. The van der Waals surface area contributed by atoms with Crippen LogP contribution in [-0.4, -0.2) is 54.3 Å². The summed E-state index contributed by atoms with van der Waals surface area (Å²) in [6.07, 6.45) is 1.98. The average molecular weight is 277 g/mol. The number of rotatable bonds is 4. The molecule has 0 bridgehead atoms. The Morgan fingerprint density at radius 2 is 2.12 bits per heavy atom. The van der Waals surface area contributed by atoms with Crippen molar-refractivity contribution in [2.45, 2.75) is 12.3 Å². The molecule has 0 atom stereocenters. The molecule has 1 aliphatic rings. The smallest absolute Gasteiger partial charge is 0.240 e. The van der Waals surface area contributed by atoms with E-state index in [0.29, 0.717) is 31.3 Å². The molecule has 96 valence electrons. The van der Waals surface area contributed by atoms with E-state index in [4.69, 9.17) is 4.52 Å². The fourth-order valence-electron chi connectivity index (χ4n) is 1.64. The predicted octanol–water partition coefficient (Wildman–Crippen LogP) is 0.163. The van der Waals surface area contributed by atoms with Crippen LogP contribution >= 0.6 is 11.8 Å². The second kappa shape index (κ2) is 5.36. The lowest BCUT2D eigenvalue weighted by Gasteiger charge is -2.24. The maximum Gasteiger partial charge on any atom is 0.240 e. The van der Waals surface area contributed by atoms with Gasteiger partial charge in [0.1, 0.15) is 0 Å². The van der Waals surface area contributed by atoms with Gasteiger partial charge in [-0.25, -0.2) is 8.42 Å². The lowest BCUT2D eigenvalue weighted by molar-refractivity contribution is 0.241. The van der Waals surface area contributed by atoms with Crippen molar-refractivity contribution >= 4 is 21.6 Å². The Hall–Kier alpha value is -0.600. The molecule has 17 heavy (non-hydrogen) atoms. The largest absolute Gasteiger partial charge is 0.338 e. The van der Waals surface area contributed by atoms with Gasteiger partial charge in [-0.2, -0.15) is 16.7 Å². The third kappa shape index (κ3) is 3.68. The molecule has 0 N–H and O–H groups in total. The highest BCUT2D eigenvalue weighted by Gasteiger charge is 2.22. The number of hydrogen-bond donors (Lipinski definition) is 0. The first-order valence-electron chi connectivity index (χ1n) is 5.32. The summed E-state index contributed by atoms with van der Waals surface area (Å²) >= 11 is 1.64. The molecule has 8 heteroatoms. The fraction of sp³-hybridized carbons (Fsp3) is 0.778. The number of aromatic nitrogens is 2. The first kappa shape index (κ1) is 12.8. The Balaban J connectivity index is 1.88. The fourth-order valence-corrected chi connectivity index (χ4v) is 3.29. The minimum atomic E-state index is -2.82. The van der Waals surface area contributed by atoms with Crippen LogP contribution in [0.2, 0.25) is 0 Å². The van der Waals surface area contributed by atoms with Crippen molar-refractivity contribution in [2.75, 3.05) is 30.9 Å². The van der Waals surface area contributed by atoms with E-state index in [1.807, 2.05) is 11.2 Å². The zero-order valence-electron chi connectivity index (χ0n) is 9.63. The van der Waals surface area contributed by atoms with Gasteiger partial charge in [0.2, 0.25) is 5.89 Å². The molecule has 1 aliphatic heterocycles. The summed E-state index contributed by atoms with van der Waals surface area (Å²) in [5.74, 6) is 2.43. The van der Waals surface area contributed by atoms with Crippen molar-refractivity contribution < 1.29 is 12.9 Å². The molecule has 2 rings (SSSR count). The summed E-state index contributed by atoms with van der Waals surface area (Å²) in [6.45, 7) is 1.63.